The quantitative estimate of drug-likeness (QED) is 0.834. The highest BCUT2D eigenvalue weighted by Crippen LogP contribution is 2.18. The number of likely N-dealkylation sites (tertiary alicyclic amines) is 1. The number of ether oxygens (including phenoxy) is 1. The lowest BCUT2D eigenvalue weighted by atomic mass is 10.1. The second-order valence-electron chi connectivity index (χ2n) is 6.47. The summed E-state index contributed by atoms with van der Waals surface area (Å²) in [5, 5.41) is 2.93. The van der Waals surface area contributed by atoms with E-state index in [1.165, 1.54) is 0 Å². The molecule has 2 amide bonds. The number of amides is 2. The Morgan fingerprint density at radius 3 is 2.65 bits per heavy atom. The Kier molecular flexibility index (Phi) is 5.89. The van der Waals surface area contributed by atoms with Gasteiger partial charge in [-0.25, -0.2) is 0 Å². The van der Waals surface area contributed by atoms with Crippen LogP contribution in [0.2, 0.25) is 0 Å². The summed E-state index contributed by atoms with van der Waals surface area (Å²) in [7, 11) is 0. The Bertz CT molecular complexity index is 761. The maximum Gasteiger partial charge on any atom is 0.225 e. The number of carbonyl (C=O) groups is 2. The molecule has 1 atom stereocenters. The number of rotatable bonds is 7. The van der Waals surface area contributed by atoms with Crippen LogP contribution in [0.5, 0.6) is 5.75 Å². The van der Waals surface area contributed by atoms with Crippen molar-refractivity contribution in [3.8, 4) is 5.75 Å². The summed E-state index contributed by atoms with van der Waals surface area (Å²) in [6, 6.07) is 17.7. The summed E-state index contributed by atoms with van der Waals surface area (Å²) >= 11 is 0. The largest absolute Gasteiger partial charge is 0.489 e. The van der Waals surface area contributed by atoms with Gasteiger partial charge in [-0.3, -0.25) is 9.59 Å². The lowest BCUT2D eigenvalue weighted by molar-refractivity contribution is -0.128. The first-order valence-corrected chi connectivity index (χ1v) is 8.97. The molecular formula is C21H24N2O3. The van der Waals surface area contributed by atoms with Crippen molar-refractivity contribution < 1.29 is 14.3 Å². The molecule has 0 unspecified atom stereocenters. The van der Waals surface area contributed by atoms with E-state index in [1.54, 1.807) is 4.90 Å². The molecule has 0 radical (unpaired) electrons. The molecular weight excluding hydrogens is 328 g/mol. The van der Waals surface area contributed by atoms with E-state index < -0.39 is 0 Å². The van der Waals surface area contributed by atoms with Crippen LogP contribution in [0.4, 0.5) is 0 Å². The van der Waals surface area contributed by atoms with Crippen molar-refractivity contribution >= 4 is 11.8 Å². The Hall–Kier alpha value is -2.82. The molecule has 0 saturated carbocycles. The topological polar surface area (TPSA) is 58.6 Å². The number of hydrogen-bond donors (Lipinski definition) is 1. The molecule has 2 aromatic carbocycles. The molecule has 0 aromatic heterocycles. The van der Waals surface area contributed by atoms with Crippen molar-refractivity contribution in [2.24, 2.45) is 5.92 Å². The van der Waals surface area contributed by atoms with Crippen LogP contribution in [0.1, 0.15) is 24.5 Å². The molecule has 5 nitrogen and oxygen atoms in total. The first-order valence-electron chi connectivity index (χ1n) is 8.97. The molecule has 0 spiro atoms. The van der Waals surface area contributed by atoms with Crippen LogP contribution < -0.4 is 10.1 Å². The average Bonchev–Trinajstić information content (AvgIpc) is 3.06. The summed E-state index contributed by atoms with van der Waals surface area (Å²) in [5.74, 6) is 0.516. The lowest BCUT2D eigenvalue weighted by Crippen LogP contribution is -2.32. The zero-order chi connectivity index (χ0) is 18.4. The molecule has 26 heavy (non-hydrogen) atoms. The van der Waals surface area contributed by atoms with Gasteiger partial charge in [0.25, 0.3) is 0 Å². The standard InChI is InChI=1S/C21H24N2O3/c1-2-23-14-18(12-20(23)24)21(25)22-13-17-9-6-10-19(11-17)26-15-16-7-4-3-5-8-16/h3-11,18H,2,12-15H2,1H3,(H,22,25)/t18-/m0/s1. The molecule has 1 aliphatic rings. The number of carbonyl (C=O) groups excluding carboxylic acids is 2. The summed E-state index contributed by atoms with van der Waals surface area (Å²) in [4.78, 5) is 25.8. The predicted octanol–water partition coefficient (Wildman–Crippen LogP) is 2.75. The first kappa shape index (κ1) is 18.0. The highest BCUT2D eigenvalue weighted by atomic mass is 16.5. The van der Waals surface area contributed by atoms with Gasteiger partial charge in [0.15, 0.2) is 0 Å². The molecule has 0 bridgehead atoms. The maximum absolute atomic E-state index is 12.3. The molecule has 1 fully saturated rings. The molecule has 1 heterocycles. The first-order chi connectivity index (χ1) is 12.7. The van der Waals surface area contributed by atoms with E-state index in [1.807, 2.05) is 61.5 Å². The molecule has 1 aliphatic heterocycles. The Morgan fingerprint density at radius 1 is 1.15 bits per heavy atom. The van der Waals surface area contributed by atoms with Crippen molar-refractivity contribution in [3.05, 3.63) is 65.7 Å². The Morgan fingerprint density at radius 2 is 1.92 bits per heavy atom. The van der Waals surface area contributed by atoms with Crippen molar-refractivity contribution in [2.75, 3.05) is 13.1 Å². The minimum absolute atomic E-state index is 0.0592. The van der Waals surface area contributed by atoms with Crippen LogP contribution in [-0.4, -0.2) is 29.8 Å². The van der Waals surface area contributed by atoms with Gasteiger partial charge in [0.1, 0.15) is 12.4 Å². The van der Waals surface area contributed by atoms with E-state index >= 15 is 0 Å². The number of nitrogens with zero attached hydrogens (tertiary/aromatic N) is 1. The molecule has 1 N–H and O–H groups in total. The zero-order valence-corrected chi connectivity index (χ0v) is 15.0. The Balaban J connectivity index is 1.51. The molecule has 0 aliphatic carbocycles. The third-order valence-electron chi connectivity index (χ3n) is 4.58. The highest BCUT2D eigenvalue weighted by Gasteiger charge is 2.33. The second kappa shape index (κ2) is 8.52. The molecule has 3 rings (SSSR count). The minimum atomic E-state index is -0.250. The van der Waals surface area contributed by atoms with E-state index in [-0.39, 0.29) is 17.7 Å². The van der Waals surface area contributed by atoms with E-state index in [2.05, 4.69) is 5.32 Å². The van der Waals surface area contributed by atoms with E-state index in [9.17, 15) is 9.59 Å². The minimum Gasteiger partial charge on any atom is -0.489 e. The fourth-order valence-corrected chi connectivity index (χ4v) is 3.07. The van der Waals surface area contributed by atoms with Crippen LogP contribution >= 0.6 is 0 Å². The van der Waals surface area contributed by atoms with Gasteiger partial charge in [-0.1, -0.05) is 42.5 Å². The van der Waals surface area contributed by atoms with Gasteiger partial charge in [-0.05, 0) is 30.2 Å². The zero-order valence-electron chi connectivity index (χ0n) is 15.0. The summed E-state index contributed by atoms with van der Waals surface area (Å²) < 4.78 is 5.82. The number of nitrogens with one attached hydrogen (secondary N) is 1. The van der Waals surface area contributed by atoms with Crippen LogP contribution in [-0.2, 0) is 22.7 Å². The van der Waals surface area contributed by atoms with Crippen LogP contribution in [0.15, 0.2) is 54.6 Å². The number of hydrogen-bond acceptors (Lipinski definition) is 3. The lowest BCUT2D eigenvalue weighted by Gasteiger charge is -2.14. The fraction of sp³-hybridized carbons (Fsp3) is 0.333. The van der Waals surface area contributed by atoms with Gasteiger partial charge in [0, 0.05) is 26.1 Å². The van der Waals surface area contributed by atoms with Gasteiger partial charge in [0.2, 0.25) is 11.8 Å². The second-order valence-corrected chi connectivity index (χ2v) is 6.47. The molecule has 136 valence electrons. The third kappa shape index (κ3) is 4.63. The van der Waals surface area contributed by atoms with Gasteiger partial charge in [0.05, 0.1) is 5.92 Å². The van der Waals surface area contributed by atoms with E-state index in [4.69, 9.17) is 4.74 Å². The van der Waals surface area contributed by atoms with Crippen LogP contribution in [0, 0.1) is 5.92 Å². The fourth-order valence-electron chi connectivity index (χ4n) is 3.07. The van der Waals surface area contributed by atoms with Crippen LogP contribution in [0.3, 0.4) is 0 Å². The number of benzene rings is 2. The summed E-state index contributed by atoms with van der Waals surface area (Å²) in [5.41, 5.74) is 2.08. The van der Waals surface area contributed by atoms with Gasteiger partial charge < -0.3 is 15.0 Å². The van der Waals surface area contributed by atoms with E-state index in [0.717, 1.165) is 16.9 Å². The third-order valence-corrected chi connectivity index (χ3v) is 4.58. The molecule has 5 heteroatoms. The predicted molar refractivity (Wildman–Crippen MR) is 99.4 cm³/mol. The van der Waals surface area contributed by atoms with Crippen molar-refractivity contribution in [1.82, 2.24) is 10.2 Å². The average molecular weight is 352 g/mol. The highest BCUT2D eigenvalue weighted by molar-refractivity contribution is 5.89. The van der Waals surface area contributed by atoms with E-state index in [0.29, 0.717) is 32.7 Å². The normalized spacial score (nSPS) is 16.6. The van der Waals surface area contributed by atoms with Gasteiger partial charge in [-0.15, -0.1) is 0 Å². The van der Waals surface area contributed by atoms with Gasteiger partial charge >= 0.3 is 0 Å². The van der Waals surface area contributed by atoms with Crippen molar-refractivity contribution in [1.29, 1.82) is 0 Å². The summed E-state index contributed by atoms with van der Waals surface area (Å²) in [6.07, 6.45) is 0.305. The monoisotopic (exact) mass is 352 g/mol. The Labute approximate surface area is 154 Å². The van der Waals surface area contributed by atoms with Crippen LogP contribution in [0.25, 0.3) is 0 Å². The smallest absolute Gasteiger partial charge is 0.225 e. The summed E-state index contributed by atoms with van der Waals surface area (Å²) in [6.45, 7) is 4.04. The van der Waals surface area contributed by atoms with Gasteiger partial charge in [-0.2, -0.15) is 0 Å². The molecule has 1 saturated heterocycles. The SMILES string of the molecule is CCN1C[C@@H](C(=O)NCc2cccc(OCc3ccccc3)c2)CC1=O. The van der Waals surface area contributed by atoms with Crippen molar-refractivity contribution in [3.63, 3.8) is 0 Å². The maximum atomic E-state index is 12.3. The molecule has 2 aromatic rings. The van der Waals surface area contributed by atoms with Crippen molar-refractivity contribution in [2.45, 2.75) is 26.5 Å².